The molecule has 0 aliphatic heterocycles. The van der Waals surface area contributed by atoms with Crippen LogP contribution < -0.4 is 4.74 Å². The normalized spacial score (nSPS) is 12.2. The lowest BCUT2D eigenvalue weighted by molar-refractivity contribution is 0.412. The zero-order chi connectivity index (χ0) is 14.7. The summed E-state index contributed by atoms with van der Waals surface area (Å²) in [6.45, 7) is 4.23. The van der Waals surface area contributed by atoms with Crippen LogP contribution in [0.2, 0.25) is 0 Å². The average molecular weight is 354 g/mol. The topological polar surface area (TPSA) is 9.23 Å². The Hall–Kier alpha value is -0.990. The minimum Gasteiger partial charge on any atom is -0.496 e. The molecular formula is C17H18BrClO. The van der Waals surface area contributed by atoms with Gasteiger partial charge in [-0.25, -0.2) is 0 Å². The third kappa shape index (κ3) is 3.56. The molecule has 106 valence electrons. The summed E-state index contributed by atoms with van der Waals surface area (Å²) < 4.78 is 6.18. The molecule has 0 heterocycles. The van der Waals surface area contributed by atoms with E-state index < -0.39 is 0 Å². The van der Waals surface area contributed by atoms with Crippen molar-refractivity contribution in [3.63, 3.8) is 0 Å². The van der Waals surface area contributed by atoms with Crippen molar-refractivity contribution in [1.29, 1.82) is 0 Å². The molecule has 1 unspecified atom stereocenters. The predicted octanol–water partition coefficient (Wildman–Crippen LogP) is 5.60. The lowest BCUT2D eigenvalue weighted by Crippen LogP contribution is -1.99. The summed E-state index contributed by atoms with van der Waals surface area (Å²) in [4.78, 5) is 0. The van der Waals surface area contributed by atoms with Crippen LogP contribution in [0.5, 0.6) is 5.75 Å². The maximum Gasteiger partial charge on any atom is 0.133 e. The van der Waals surface area contributed by atoms with Gasteiger partial charge in [0.25, 0.3) is 0 Å². The second-order valence-electron chi connectivity index (χ2n) is 5.00. The standard InChI is InChI=1S/C17H18BrClO/c1-11-4-5-12(2)14(8-11)10-16(19)13-6-7-17(20-3)15(18)9-13/h4-9,16H,10H2,1-3H3. The molecule has 0 aliphatic rings. The van der Waals surface area contributed by atoms with Gasteiger partial charge in [0.1, 0.15) is 5.75 Å². The van der Waals surface area contributed by atoms with Gasteiger partial charge in [0.2, 0.25) is 0 Å². The van der Waals surface area contributed by atoms with Gasteiger partial charge in [-0.15, -0.1) is 11.6 Å². The zero-order valence-electron chi connectivity index (χ0n) is 11.9. The third-order valence-corrected chi connectivity index (χ3v) is 4.47. The highest BCUT2D eigenvalue weighted by Gasteiger charge is 2.12. The van der Waals surface area contributed by atoms with Gasteiger partial charge in [0.15, 0.2) is 0 Å². The van der Waals surface area contributed by atoms with Crippen molar-refractivity contribution in [3.05, 3.63) is 63.1 Å². The molecule has 0 saturated heterocycles. The molecule has 0 aromatic heterocycles. The fourth-order valence-electron chi connectivity index (χ4n) is 2.21. The molecule has 0 saturated carbocycles. The first-order valence-electron chi connectivity index (χ1n) is 6.55. The number of ether oxygens (including phenoxy) is 1. The summed E-state index contributed by atoms with van der Waals surface area (Å²) in [6.07, 6.45) is 0.827. The maximum atomic E-state index is 6.57. The van der Waals surface area contributed by atoms with Gasteiger partial charge in [-0.05, 0) is 65.0 Å². The molecular weight excluding hydrogens is 336 g/mol. The molecule has 0 N–H and O–H groups in total. The number of methoxy groups -OCH3 is 1. The quantitative estimate of drug-likeness (QED) is 0.650. The first kappa shape index (κ1) is 15.4. The minimum absolute atomic E-state index is 0.0438. The third-order valence-electron chi connectivity index (χ3n) is 3.44. The Kier molecular flexibility index (Phi) is 5.11. The van der Waals surface area contributed by atoms with Crippen LogP contribution in [0, 0.1) is 13.8 Å². The molecule has 1 atom stereocenters. The van der Waals surface area contributed by atoms with Crippen molar-refractivity contribution < 1.29 is 4.74 Å². The monoisotopic (exact) mass is 352 g/mol. The summed E-state index contributed by atoms with van der Waals surface area (Å²) in [6, 6.07) is 12.5. The number of hydrogen-bond donors (Lipinski definition) is 0. The van der Waals surface area contributed by atoms with E-state index in [1.54, 1.807) is 7.11 Å². The number of aryl methyl sites for hydroxylation is 2. The minimum atomic E-state index is -0.0438. The Morgan fingerprint density at radius 3 is 2.55 bits per heavy atom. The molecule has 20 heavy (non-hydrogen) atoms. The molecule has 0 spiro atoms. The van der Waals surface area contributed by atoms with Gasteiger partial charge in [0.05, 0.1) is 17.0 Å². The predicted molar refractivity (Wildman–Crippen MR) is 88.9 cm³/mol. The van der Waals surface area contributed by atoms with Crippen molar-refractivity contribution in [2.75, 3.05) is 7.11 Å². The molecule has 2 aromatic rings. The second kappa shape index (κ2) is 6.64. The molecule has 0 bridgehead atoms. The number of alkyl halides is 1. The van der Waals surface area contributed by atoms with Gasteiger partial charge in [-0.2, -0.15) is 0 Å². The SMILES string of the molecule is COc1ccc(C(Cl)Cc2cc(C)ccc2C)cc1Br. The van der Waals surface area contributed by atoms with E-state index >= 15 is 0 Å². The van der Waals surface area contributed by atoms with Gasteiger partial charge in [0, 0.05) is 0 Å². The maximum absolute atomic E-state index is 6.57. The van der Waals surface area contributed by atoms with E-state index in [9.17, 15) is 0 Å². The number of rotatable bonds is 4. The highest BCUT2D eigenvalue weighted by molar-refractivity contribution is 9.10. The Morgan fingerprint density at radius 2 is 1.90 bits per heavy atom. The number of benzene rings is 2. The van der Waals surface area contributed by atoms with Gasteiger partial charge < -0.3 is 4.74 Å². The van der Waals surface area contributed by atoms with Crippen LogP contribution in [0.15, 0.2) is 40.9 Å². The number of hydrogen-bond acceptors (Lipinski definition) is 1. The van der Waals surface area contributed by atoms with E-state index in [1.807, 2.05) is 18.2 Å². The smallest absolute Gasteiger partial charge is 0.133 e. The van der Waals surface area contributed by atoms with Crippen molar-refractivity contribution in [2.45, 2.75) is 25.6 Å². The highest BCUT2D eigenvalue weighted by Crippen LogP contribution is 2.32. The van der Waals surface area contributed by atoms with Crippen LogP contribution >= 0.6 is 27.5 Å². The Morgan fingerprint density at radius 1 is 1.15 bits per heavy atom. The summed E-state index contributed by atoms with van der Waals surface area (Å²) in [7, 11) is 1.66. The molecule has 0 fully saturated rings. The van der Waals surface area contributed by atoms with Crippen LogP contribution in [-0.2, 0) is 6.42 Å². The lowest BCUT2D eigenvalue weighted by Gasteiger charge is -2.14. The molecule has 3 heteroatoms. The van der Waals surface area contributed by atoms with Crippen LogP contribution in [0.3, 0.4) is 0 Å². The highest BCUT2D eigenvalue weighted by atomic mass is 79.9. The molecule has 2 rings (SSSR count). The fourth-order valence-corrected chi connectivity index (χ4v) is 3.07. The molecule has 2 aromatic carbocycles. The first-order chi connectivity index (χ1) is 9.51. The summed E-state index contributed by atoms with van der Waals surface area (Å²) in [5, 5.41) is -0.0438. The van der Waals surface area contributed by atoms with E-state index in [4.69, 9.17) is 16.3 Å². The Labute approximate surface area is 134 Å². The van der Waals surface area contributed by atoms with Crippen molar-refractivity contribution >= 4 is 27.5 Å². The van der Waals surface area contributed by atoms with E-state index in [0.29, 0.717) is 0 Å². The van der Waals surface area contributed by atoms with Crippen molar-refractivity contribution in [1.82, 2.24) is 0 Å². The van der Waals surface area contributed by atoms with Crippen LogP contribution in [0.4, 0.5) is 0 Å². The summed E-state index contributed by atoms with van der Waals surface area (Å²) in [5.41, 5.74) is 4.95. The second-order valence-corrected chi connectivity index (χ2v) is 6.38. The van der Waals surface area contributed by atoms with E-state index in [1.165, 1.54) is 16.7 Å². The van der Waals surface area contributed by atoms with E-state index in [2.05, 4.69) is 48.0 Å². The van der Waals surface area contributed by atoms with Gasteiger partial charge in [-0.1, -0.05) is 29.8 Å². The molecule has 1 nitrogen and oxygen atoms in total. The van der Waals surface area contributed by atoms with Gasteiger partial charge >= 0.3 is 0 Å². The molecule has 0 amide bonds. The number of halogens is 2. The molecule has 0 radical (unpaired) electrons. The zero-order valence-corrected chi connectivity index (χ0v) is 14.3. The van der Waals surface area contributed by atoms with Crippen molar-refractivity contribution in [3.8, 4) is 5.75 Å². The Balaban J connectivity index is 2.21. The first-order valence-corrected chi connectivity index (χ1v) is 7.78. The van der Waals surface area contributed by atoms with Gasteiger partial charge in [-0.3, -0.25) is 0 Å². The fraction of sp³-hybridized carbons (Fsp3) is 0.294. The van der Waals surface area contributed by atoms with Crippen molar-refractivity contribution in [2.24, 2.45) is 0 Å². The van der Waals surface area contributed by atoms with E-state index in [0.717, 1.165) is 22.2 Å². The average Bonchev–Trinajstić information content (AvgIpc) is 2.42. The van der Waals surface area contributed by atoms with Crippen LogP contribution in [0.1, 0.15) is 27.6 Å². The largest absolute Gasteiger partial charge is 0.496 e. The van der Waals surface area contributed by atoms with Crippen LogP contribution in [0.25, 0.3) is 0 Å². The van der Waals surface area contributed by atoms with E-state index in [-0.39, 0.29) is 5.38 Å². The Bertz CT molecular complexity index is 610. The van der Waals surface area contributed by atoms with Crippen LogP contribution in [-0.4, -0.2) is 7.11 Å². The lowest BCUT2D eigenvalue weighted by atomic mass is 9.98. The molecule has 0 aliphatic carbocycles. The summed E-state index contributed by atoms with van der Waals surface area (Å²) >= 11 is 10.1. The summed E-state index contributed by atoms with van der Waals surface area (Å²) in [5.74, 6) is 0.823.